The molecule has 0 saturated heterocycles. The van der Waals surface area contributed by atoms with Crippen LogP contribution in [0.5, 0.6) is 5.75 Å². The molecule has 2 N–H and O–H groups in total. The highest BCUT2D eigenvalue weighted by Crippen LogP contribution is 2.27. The van der Waals surface area contributed by atoms with Gasteiger partial charge in [-0.1, -0.05) is 11.6 Å². The zero-order valence-corrected chi connectivity index (χ0v) is 10.4. The van der Waals surface area contributed by atoms with Crippen molar-refractivity contribution >= 4 is 11.6 Å². The summed E-state index contributed by atoms with van der Waals surface area (Å²) in [7, 11) is 1.61. The first-order valence-electron chi connectivity index (χ1n) is 5.46. The molecule has 3 nitrogen and oxygen atoms in total. The third-order valence-corrected chi connectivity index (χ3v) is 2.94. The zero-order valence-electron chi connectivity index (χ0n) is 9.69. The Balaban J connectivity index is 2.39. The van der Waals surface area contributed by atoms with Gasteiger partial charge in [0.15, 0.2) is 0 Å². The summed E-state index contributed by atoms with van der Waals surface area (Å²) < 4.78 is 7.22. The quantitative estimate of drug-likeness (QED) is 0.906. The van der Waals surface area contributed by atoms with Crippen molar-refractivity contribution in [2.24, 2.45) is 5.73 Å². The molecule has 0 unspecified atom stereocenters. The number of halogens is 1. The van der Waals surface area contributed by atoms with Crippen molar-refractivity contribution in [2.75, 3.05) is 13.7 Å². The summed E-state index contributed by atoms with van der Waals surface area (Å²) in [4.78, 5) is 0. The molecule has 0 spiro atoms. The molecule has 0 fully saturated rings. The number of ether oxygens (including phenoxy) is 1. The highest BCUT2D eigenvalue weighted by Gasteiger charge is 2.06. The zero-order chi connectivity index (χ0) is 12.3. The van der Waals surface area contributed by atoms with E-state index in [1.54, 1.807) is 7.11 Å². The summed E-state index contributed by atoms with van der Waals surface area (Å²) in [6.45, 7) is 0.633. The molecular formula is C13H15ClN2O. The monoisotopic (exact) mass is 250 g/mol. The van der Waals surface area contributed by atoms with E-state index < -0.39 is 0 Å². The summed E-state index contributed by atoms with van der Waals surface area (Å²) in [5.74, 6) is 0.683. The molecule has 0 amide bonds. The van der Waals surface area contributed by atoms with Gasteiger partial charge in [0.2, 0.25) is 0 Å². The van der Waals surface area contributed by atoms with Gasteiger partial charge in [-0.2, -0.15) is 0 Å². The van der Waals surface area contributed by atoms with E-state index in [2.05, 4.69) is 10.6 Å². The van der Waals surface area contributed by atoms with E-state index >= 15 is 0 Å². The van der Waals surface area contributed by atoms with E-state index in [-0.39, 0.29) is 0 Å². The fraction of sp³-hybridized carbons (Fsp3) is 0.231. The summed E-state index contributed by atoms with van der Waals surface area (Å²) in [5.41, 5.74) is 7.78. The van der Waals surface area contributed by atoms with Gasteiger partial charge in [0.05, 0.1) is 12.1 Å². The molecule has 0 aliphatic rings. The minimum atomic E-state index is 0.609. The fourth-order valence-corrected chi connectivity index (χ4v) is 2.08. The molecule has 0 bridgehead atoms. The molecule has 0 aliphatic heterocycles. The van der Waals surface area contributed by atoms with Crippen molar-refractivity contribution < 1.29 is 4.74 Å². The average Bonchev–Trinajstić information content (AvgIpc) is 2.78. The lowest BCUT2D eigenvalue weighted by Crippen LogP contribution is -2.07. The van der Waals surface area contributed by atoms with Gasteiger partial charge < -0.3 is 15.0 Å². The van der Waals surface area contributed by atoms with Crippen molar-refractivity contribution in [2.45, 2.75) is 6.42 Å². The van der Waals surface area contributed by atoms with Crippen molar-refractivity contribution in [3.8, 4) is 11.4 Å². The van der Waals surface area contributed by atoms with Gasteiger partial charge in [-0.05, 0) is 36.9 Å². The van der Waals surface area contributed by atoms with Crippen LogP contribution in [0.3, 0.4) is 0 Å². The maximum atomic E-state index is 6.11. The third kappa shape index (κ3) is 2.46. The summed E-state index contributed by atoms with van der Waals surface area (Å²) >= 11 is 6.11. The van der Waals surface area contributed by atoms with Crippen molar-refractivity contribution in [1.29, 1.82) is 0 Å². The van der Waals surface area contributed by atoms with E-state index in [9.17, 15) is 0 Å². The van der Waals surface area contributed by atoms with Gasteiger partial charge in [0.25, 0.3) is 0 Å². The average molecular weight is 251 g/mol. The van der Waals surface area contributed by atoms with Gasteiger partial charge in [0.1, 0.15) is 5.75 Å². The lowest BCUT2D eigenvalue weighted by Gasteiger charge is -2.10. The summed E-state index contributed by atoms with van der Waals surface area (Å²) in [6.07, 6.45) is 2.85. The SMILES string of the molecule is COc1ccc(-n2cccc2CCN)cc1Cl. The molecule has 2 rings (SSSR count). The number of rotatable bonds is 4. The molecule has 1 aromatic carbocycles. The number of nitrogens with zero attached hydrogens (tertiary/aromatic N) is 1. The Morgan fingerprint density at radius 2 is 2.18 bits per heavy atom. The Morgan fingerprint density at radius 1 is 1.35 bits per heavy atom. The van der Waals surface area contributed by atoms with E-state index in [4.69, 9.17) is 22.1 Å². The largest absolute Gasteiger partial charge is 0.495 e. The second-order valence-electron chi connectivity index (χ2n) is 3.73. The minimum absolute atomic E-state index is 0.609. The Hall–Kier alpha value is -1.45. The van der Waals surface area contributed by atoms with Crippen LogP contribution in [0.1, 0.15) is 5.69 Å². The van der Waals surface area contributed by atoms with Gasteiger partial charge in [-0.3, -0.25) is 0 Å². The number of hydrogen-bond donors (Lipinski definition) is 1. The van der Waals surface area contributed by atoms with Crippen molar-refractivity contribution in [3.05, 3.63) is 47.2 Å². The molecule has 90 valence electrons. The number of aromatic nitrogens is 1. The first-order valence-corrected chi connectivity index (χ1v) is 5.84. The Labute approximate surface area is 106 Å². The predicted octanol–water partition coefficient (Wildman–Crippen LogP) is 2.64. The van der Waals surface area contributed by atoms with Crippen LogP contribution in [0.4, 0.5) is 0 Å². The molecule has 1 heterocycles. The van der Waals surface area contributed by atoms with Crippen LogP contribution in [-0.2, 0) is 6.42 Å². The van der Waals surface area contributed by atoms with Gasteiger partial charge in [-0.25, -0.2) is 0 Å². The van der Waals surface area contributed by atoms with Crippen LogP contribution in [0.15, 0.2) is 36.5 Å². The lowest BCUT2D eigenvalue weighted by atomic mass is 10.2. The number of hydrogen-bond acceptors (Lipinski definition) is 2. The van der Waals surface area contributed by atoms with Gasteiger partial charge in [-0.15, -0.1) is 0 Å². The second-order valence-corrected chi connectivity index (χ2v) is 4.13. The Bertz CT molecular complexity index is 508. The standard InChI is InChI=1S/C13H15ClN2O/c1-17-13-5-4-11(9-12(13)14)16-8-2-3-10(16)6-7-15/h2-5,8-9H,6-7,15H2,1H3. The van der Waals surface area contributed by atoms with Gasteiger partial charge >= 0.3 is 0 Å². The highest BCUT2D eigenvalue weighted by molar-refractivity contribution is 6.32. The maximum absolute atomic E-state index is 6.11. The number of nitrogens with two attached hydrogens (primary N) is 1. The Kier molecular flexibility index (Phi) is 3.71. The molecule has 0 aliphatic carbocycles. The maximum Gasteiger partial charge on any atom is 0.137 e. The first kappa shape index (κ1) is 12.0. The van der Waals surface area contributed by atoms with E-state index in [1.807, 2.05) is 30.5 Å². The molecule has 1 aromatic heterocycles. The molecular weight excluding hydrogens is 236 g/mol. The predicted molar refractivity (Wildman–Crippen MR) is 70.1 cm³/mol. The van der Waals surface area contributed by atoms with Gasteiger partial charge in [0, 0.05) is 24.0 Å². The molecule has 17 heavy (non-hydrogen) atoms. The normalized spacial score (nSPS) is 10.5. The lowest BCUT2D eigenvalue weighted by molar-refractivity contribution is 0.415. The Morgan fingerprint density at radius 3 is 2.82 bits per heavy atom. The first-order chi connectivity index (χ1) is 8.26. The molecule has 0 radical (unpaired) electrons. The topological polar surface area (TPSA) is 40.2 Å². The smallest absolute Gasteiger partial charge is 0.137 e. The molecule has 0 saturated carbocycles. The molecule has 4 heteroatoms. The third-order valence-electron chi connectivity index (χ3n) is 2.65. The van der Waals surface area contributed by atoms with E-state index in [1.165, 1.54) is 5.69 Å². The molecule has 0 atom stereocenters. The van der Waals surface area contributed by atoms with Crippen LogP contribution < -0.4 is 10.5 Å². The van der Waals surface area contributed by atoms with Crippen molar-refractivity contribution in [3.63, 3.8) is 0 Å². The minimum Gasteiger partial charge on any atom is -0.495 e. The van der Waals surface area contributed by atoms with Crippen LogP contribution in [-0.4, -0.2) is 18.2 Å². The second kappa shape index (κ2) is 5.25. The van der Waals surface area contributed by atoms with E-state index in [0.29, 0.717) is 17.3 Å². The van der Waals surface area contributed by atoms with Crippen molar-refractivity contribution in [1.82, 2.24) is 4.57 Å². The van der Waals surface area contributed by atoms with Crippen LogP contribution in [0.2, 0.25) is 5.02 Å². The summed E-state index contributed by atoms with van der Waals surface area (Å²) in [5, 5.41) is 0.609. The van der Waals surface area contributed by atoms with Crippen LogP contribution in [0.25, 0.3) is 5.69 Å². The number of benzene rings is 1. The van der Waals surface area contributed by atoms with Crippen LogP contribution >= 0.6 is 11.6 Å². The van der Waals surface area contributed by atoms with E-state index in [0.717, 1.165) is 12.1 Å². The number of methoxy groups -OCH3 is 1. The highest BCUT2D eigenvalue weighted by atomic mass is 35.5. The fourth-order valence-electron chi connectivity index (χ4n) is 1.82. The van der Waals surface area contributed by atoms with Crippen LogP contribution in [0, 0.1) is 0 Å². The summed E-state index contributed by atoms with van der Waals surface area (Å²) in [6, 6.07) is 9.79. The molecule has 2 aromatic rings.